The lowest BCUT2D eigenvalue weighted by Crippen LogP contribution is -2.35. The number of nitrogens with zero attached hydrogens (tertiary/aromatic N) is 5. The van der Waals surface area contributed by atoms with Crippen molar-refractivity contribution in [2.75, 3.05) is 18.0 Å². The lowest BCUT2D eigenvalue weighted by molar-refractivity contribution is -0.118. The van der Waals surface area contributed by atoms with Crippen LogP contribution in [0.1, 0.15) is 41.4 Å². The van der Waals surface area contributed by atoms with Gasteiger partial charge in [0.1, 0.15) is 24.3 Å². The quantitative estimate of drug-likeness (QED) is 0.913. The molecule has 3 heterocycles. The van der Waals surface area contributed by atoms with Gasteiger partial charge in [0.05, 0.1) is 5.56 Å². The Balaban J connectivity index is 1.76. The van der Waals surface area contributed by atoms with Crippen molar-refractivity contribution in [2.24, 2.45) is 5.73 Å². The highest BCUT2D eigenvalue weighted by molar-refractivity contribution is 5.73. The van der Waals surface area contributed by atoms with E-state index in [9.17, 15) is 10.1 Å². The fourth-order valence-corrected chi connectivity index (χ4v) is 3.52. The Hall–Kier alpha value is -2.88. The zero-order valence-electron chi connectivity index (χ0n) is 14.6. The molecule has 1 amide bonds. The number of pyridine rings is 1. The number of anilines is 1. The van der Waals surface area contributed by atoms with Crippen LogP contribution in [0.2, 0.25) is 0 Å². The van der Waals surface area contributed by atoms with Crippen molar-refractivity contribution < 1.29 is 4.79 Å². The molecular weight excluding hydrogens is 316 g/mol. The van der Waals surface area contributed by atoms with Crippen LogP contribution in [0.4, 0.5) is 5.82 Å². The van der Waals surface area contributed by atoms with E-state index in [2.05, 4.69) is 20.9 Å². The summed E-state index contributed by atoms with van der Waals surface area (Å²) in [5.41, 5.74) is 7.84. The number of hydrogen-bond donors (Lipinski definition) is 1. The van der Waals surface area contributed by atoms with Gasteiger partial charge in [0, 0.05) is 37.1 Å². The van der Waals surface area contributed by atoms with E-state index in [1.807, 2.05) is 24.5 Å². The lowest BCUT2D eigenvalue weighted by Gasteiger charge is -2.33. The molecule has 0 radical (unpaired) electrons. The van der Waals surface area contributed by atoms with Crippen LogP contribution in [-0.4, -0.2) is 33.5 Å². The lowest BCUT2D eigenvalue weighted by atomic mass is 9.95. The number of aryl methyl sites for hydroxylation is 2. The second-order valence-corrected chi connectivity index (χ2v) is 6.53. The predicted molar refractivity (Wildman–Crippen MR) is 94.0 cm³/mol. The van der Waals surface area contributed by atoms with E-state index < -0.39 is 0 Å². The summed E-state index contributed by atoms with van der Waals surface area (Å²) in [6.45, 7) is 5.67. The van der Waals surface area contributed by atoms with E-state index >= 15 is 0 Å². The van der Waals surface area contributed by atoms with Crippen molar-refractivity contribution in [1.82, 2.24) is 14.5 Å². The van der Waals surface area contributed by atoms with Crippen LogP contribution in [-0.2, 0) is 11.3 Å². The van der Waals surface area contributed by atoms with Gasteiger partial charge in [-0.15, -0.1) is 0 Å². The average molecular weight is 338 g/mol. The summed E-state index contributed by atoms with van der Waals surface area (Å²) in [5.74, 6) is 1.60. The first-order valence-corrected chi connectivity index (χ1v) is 8.42. The molecule has 2 N–H and O–H groups in total. The van der Waals surface area contributed by atoms with Gasteiger partial charge in [-0.1, -0.05) is 0 Å². The van der Waals surface area contributed by atoms with E-state index in [1.54, 1.807) is 12.4 Å². The summed E-state index contributed by atoms with van der Waals surface area (Å²) in [7, 11) is 0. The molecule has 1 aliphatic heterocycles. The Bertz CT molecular complexity index is 827. The van der Waals surface area contributed by atoms with E-state index in [-0.39, 0.29) is 18.4 Å². The van der Waals surface area contributed by atoms with E-state index in [4.69, 9.17) is 5.73 Å². The molecule has 2 aromatic rings. The second kappa shape index (κ2) is 6.93. The number of nitriles is 1. The molecule has 0 atom stereocenters. The Kier molecular flexibility index (Phi) is 4.70. The molecule has 0 bridgehead atoms. The first kappa shape index (κ1) is 17.0. The number of imidazole rings is 1. The van der Waals surface area contributed by atoms with Crippen molar-refractivity contribution in [1.29, 1.82) is 5.26 Å². The Labute approximate surface area is 147 Å². The third-order valence-electron chi connectivity index (χ3n) is 4.67. The van der Waals surface area contributed by atoms with Crippen LogP contribution >= 0.6 is 0 Å². The maximum Gasteiger partial charge on any atom is 0.237 e. The number of carbonyl (C=O) groups excluding carboxylic acids is 1. The molecule has 25 heavy (non-hydrogen) atoms. The van der Waals surface area contributed by atoms with Gasteiger partial charge in [-0.05, 0) is 38.3 Å². The number of aromatic nitrogens is 3. The molecule has 3 rings (SSSR count). The molecule has 0 aliphatic carbocycles. The van der Waals surface area contributed by atoms with Gasteiger partial charge >= 0.3 is 0 Å². The van der Waals surface area contributed by atoms with Crippen LogP contribution in [0.5, 0.6) is 0 Å². The summed E-state index contributed by atoms with van der Waals surface area (Å²) in [6, 6.07) is 4.23. The highest BCUT2D eigenvalue weighted by atomic mass is 16.1. The zero-order chi connectivity index (χ0) is 18.0. The SMILES string of the molecule is Cc1cc(C)c(C#N)c(N2CCC(c3nccn3CC(N)=O)CC2)n1. The number of primary amides is 1. The Morgan fingerprint density at radius 3 is 2.76 bits per heavy atom. The summed E-state index contributed by atoms with van der Waals surface area (Å²) in [5, 5.41) is 9.47. The standard InChI is InChI=1S/C18H22N6O/c1-12-9-13(2)22-18(15(12)10-19)23-6-3-14(4-7-23)17-21-5-8-24(17)11-16(20)25/h5,8-9,14H,3-4,6-7,11H2,1-2H3,(H2,20,25). The topological polar surface area (TPSA) is 101 Å². The van der Waals surface area contributed by atoms with Crippen LogP contribution < -0.4 is 10.6 Å². The fraction of sp³-hybridized carbons (Fsp3) is 0.444. The van der Waals surface area contributed by atoms with Gasteiger partial charge in [-0.25, -0.2) is 9.97 Å². The summed E-state index contributed by atoms with van der Waals surface area (Å²) >= 11 is 0. The van der Waals surface area contributed by atoms with Crippen molar-refractivity contribution in [2.45, 2.75) is 39.2 Å². The van der Waals surface area contributed by atoms with Gasteiger partial charge in [-0.2, -0.15) is 5.26 Å². The summed E-state index contributed by atoms with van der Waals surface area (Å²) in [6.07, 6.45) is 5.31. The molecule has 0 saturated carbocycles. The fourth-order valence-electron chi connectivity index (χ4n) is 3.52. The molecule has 1 aliphatic rings. The molecule has 1 saturated heterocycles. The minimum absolute atomic E-state index is 0.159. The number of hydrogen-bond acceptors (Lipinski definition) is 5. The molecule has 0 aromatic carbocycles. The van der Waals surface area contributed by atoms with Gasteiger partial charge in [0.2, 0.25) is 5.91 Å². The van der Waals surface area contributed by atoms with Crippen molar-refractivity contribution in [3.05, 3.63) is 41.1 Å². The molecule has 0 spiro atoms. The third-order valence-corrected chi connectivity index (χ3v) is 4.67. The number of piperidine rings is 1. The second-order valence-electron chi connectivity index (χ2n) is 6.53. The highest BCUT2D eigenvalue weighted by Gasteiger charge is 2.26. The van der Waals surface area contributed by atoms with E-state index in [1.165, 1.54) is 0 Å². The predicted octanol–water partition coefficient (Wildman–Crippen LogP) is 1.64. The number of rotatable bonds is 4. The first-order valence-electron chi connectivity index (χ1n) is 8.42. The minimum atomic E-state index is -0.366. The van der Waals surface area contributed by atoms with Gasteiger partial charge in [-0.3, -0.25) is 4.79 Å². The number of amides is 1. The Morgan fingerprint density at radius 1 is 1.40 bits per heavy atom. The van der Waals surface area contributed by atoms with E-state index in [0.717, 1.165) is 48.8 Å². The molecule has 130 valence electrons. The van der Waals surface area contributed by atoms with Gasteiger partial charge < -0.3 is 15.2 Å². The molecule has 7 heteroatoms. The minimum Gasteiger partial charge on any atom is -0.368 e. The average Bonchev–Trinajstić information content (AvgIpc) is 3.01. The van der Waals surface area contributed by atoms with E-state index in [0.29, 0.717) is 5.56 Å². The maximum absolute atomic E-state index is 11.2. The van der Waals surface area contributed by atoms with Gasteiger partial charge in [0.25, 0.3) is 0 Å². The summed E-state index contributed by atoms with van der Waals surface area (Å²) < 4.78 is 1.83. The molecular formula is C18H22N6O. The molecule has 2 aromatic heterocycles. The van der Waals surface area contributed by atoms with Crippen LogP contribution in [0, 0.1) is 25.2 Å². The molecule has 1 fully saturated rings. The van der Waals surface area contributed by atoms with Crippen LogP contribution in [0.15, 0.2) is 18.5 Å². The molecule has 7 nitrogen and oxygen atoms in total. The van der Waals surface area contributed by atoms with Crippen molar-refractivity contribution in [3.63, 3.8) is 0 Å². The largest absolute Gasteiger partial charge is 0.368 e. The highest BCUT2D eigenvalue weighted by Crippen LogP contribution is 2.31. The van der Waals surface area contributed by atoms with Crippen LogP contribution in [0.3, 0.4) is 0 Å². The number of nitrogens with two attached hydrogens (primary N) is 1. The zero-order valence-corrected chi connectivity index (χ0v) is 14.6. The first-order chi connectivity index (χ1) is 12.0. The smallest absolute Gasteiger partial charge is 0.237 e. The van der Waals surface area contributed by atoms with Crippen LogP contribution in [0.25, 0.3) is 0 Å². The number of carbonyl (C=O) groups is 1. The normalized spacial score (nSPS) is 15.2. The van der Waals surface area contributed by atoms with Crippen molar-refractivity contribution >= 4 is 11.7 Å². The van der Waals surface area contributed by atoms with Gasteiger partial charge in [0.15, 0.2) is 0 Å². The van der Waals surface area contributed by atoms with Crippen molar-refractivity contribution in [3.8, 4) is 6.07 Å². The third kappa shape index (κ3) is 3.48. The maximum atomic E-state index is 11.2. The Morgan fingerprint density at radius 2 is 2.12 bits per heavy atom. The molecule has 0 unspecified atom stereocenters. The monoisotopic (exact) mass is 338 g/mol. The summed E-state index contributed by atoms with van der Waals surface area (Å²) in [4.78, 5) is 22.4.